The third kappa shape index (κ3) is 6.74. The Bertz CT molecular complexity index is 3490. The smallest absolute Gasteiger partial charge is 0.252 e. The Kier molecular flexibility index (Phi) is 9.54. The van der Waals surface area contributed by atoms with Crippen LogP contribution in [0.25, 0.3) is 33.1 Å². The van der Waals surface area contributed by atoms with Crippen LogP contribution in [-0.4, -0.2) is 6.71 Å². The van der Waals surface area contributed by atoms with Crippen LogP contribution in [0, 0.1) is 0 Å². The van der Waals surface area contributed by atoms with Gasteiger partial charge < -0.3 is 14.2 Å². The summed E-state index contributed by atoms with van der Waals surface area (Å²) in [7, 11) is 0. The number of para-hydroxylation sites is 2. The topological polar surface area (TPSA) is 19.6 Å². The van der Waals surface area contributed by atoms with E-state index in [1.807, 2.05) is 0 Å². The fourth-order valence-corrected chi connectivity index (χ4v) is 13.0. The largest absolute Gasteiger partial charge is 0.455 e. The van der Waals surface area contributed by atoms with E-state index in [0.29, 0.717) is 0 Å². The molecule has 0 unspecified atom stereocenters. The van der Waals surface area contributed by atoms with Crippen LogP contribution in [0.3, 0.4) is 0 Å². The van der Waals surface area contributed by atoms with Crippen LogP contribution in [0.1, 0.15) is 156 Å². The molecule has 7 aromatic carbocycles. The molecule has 70 heavy (non-hydrogen) atoms. The van der Waals surface area contributed by atoms with Gasteiger partial charge in [-0.3, -0.25) is 0 Å². The average Bonchev–Trinajstić information content (AvgIpc) is 3.70. The fraction of sp³-hybridized carbons (Fsp3) is 0.364. The van der Waals surface area contributed by atoms with Crippen LogP contribution >= 0.6 is 0 Å². The maximum atomic E-state index is 6.68. The molecule has 0 N–H and O–H groups in total. The van der Waals surface area contributed by atoms with E-state index in [-0.39, 0.29) is 39.2 Å². The van der Waals surface area contributed by atoms with Gasteiger partial charge in [-0.25, -0.2) is 0 Å². The van der Waals surface area contributed by atoms with Gasteiger partial charge in [-0.05, 0) is 168 Å². The van der Waals surface area contributed by atoms with Crippen molar-refractivity contribution in [2.75, 3.05) is 9.80 Å². The molecular formula is C66H71BN2O. The third-order valence-electron chi connectivity index (χ3n) is 17.7. The van der Waals surface area contributed by atoms with E-state index in [9.17, 15) is 0 Å². The first-order valence-corrected chi connectivity index (χ1v) is 26.2. The highest BCUT2D eigenvalue weighted by molar-refractivity contribution is 7.00. The second-order valence-electron chi connectivity index (χ2n) is 26.4. The van der Waals surface area contributed by atoms with Crippen LogP contribution in [0.5, 0.6) is 0 Å². The molecule has 0 spiro atoms. The minimum Gasteiger partial charge on any atom is -0.455 e. The summed E-state index contributed by atoms with van der Waals surface area (Å²) in [5.41, 5.74) is 24.6. The summed E-state index contributed by atoms with van der Waals surface area (Å²) in [6.07, 6.45) is 4.71. The van der Waals surface area contributed by atoms with E-state index in [2.05, 4.69) is 234 Å². The van der Waals surface area contributed by atoms with Gasteiger partial charge in [0.2, 0.25) is 0 Å². The van der Waals surface area contributed by atoms with Gasteiger partial charge in [-0.1, -0.05) is 170 Å². The Balaban J connectivity index is 1.18. The molecular weight excluding hydrogens is 848 g/mol. The van der Waals surface area contributed by atoms with Crippen molar-refractivity contribution in [3.05, 3.63) is 161 Å². The molecule has 0 radical (unpaired) electrons. The Morgan fingerprint density at radius 3 is 1.67 bits per heavy atom. The first kappa shape index (κ1) is 45.2. The summed E-state index contributed by atoms with van der Waals surface area (Å²) in [5.74, 6) is 0. The Hall–Kier alpha value is -6.00. The van der Waals surface area contributed by atoms with Gasteiger partial charge >= 0.3 is 0 Å². The summed E-state index contributed by atoms with van der Waals surface area (Å²) < 4.78 is 6.68. The quantitative estimate of drug-likeness (QED) is 0.165. The number of furan rings is 1. The van der Waals surface area contributed by atoms with Crippen LogP contribution in [-0.2, 0) is 32.5 Å². The zero-order valence-electron chi connectivity index (χ0n) is 44.3. The maximum absolute atomic E-state index is 6.68. The number of anilines is 6. The summed E-state index contributed by atoms with van der Waals surface area (Å²) in [4.78, 5) is 5.33. The lowest BCUT2D eigenvalue weighted by Crippen LogP contribution is -2.62. The van der Waals surface area contributed by atoms with E-state index in [4.69, 9.17) is 4.42 Å². The predicted molar refractivity (Wildman–Crippen MR) is 301 cm³/mol. The minimum atomic E-state index is -0.127. The molecule has 4 aliphatic rings. The molecule has 0 atom stereocenters. The van der Waals surface area contributed by atoms with Gasteiger partial charge in [0.05, 0.1) is 0 Å². The number of hydrogen-bond donors (Lipinski definition) is 0. The van der Waals surface area contributed by atoms with Crippen molar-refractivity contribution in [1.29, 1.82) is 0 Å². The van der Waals surface area contributed by atoms with Crippen LogP contribution < -0.4 is 26.2 Å². The lowest BCUT2D eigenvalue weighted by molar-refractivity contribution is 0.332. The average molecular weight is 919 g/mol. The molecule has 0 fully saturated rings. The fourth-order valence-electron chi connectivity index (χ4n) is 13.0. The van der Waals surface area contributed by atoms with Crippen molar-refractivity contribution in [1.82, 2.24) is 0 Å². The number of nitrogens with zero attached hydrogens (tertiary/aromatic N) is 2. The standard InChI is InChI=1S/C66H71BN2O/c1-61(2,3)41-25-28-54-52(34-41)67-53-38-50-51(66(13,14)32-31-65(50,11)12)39-55(53)69(44-26-27-48-49(37-44)64(9,10)30-29-63(48,7)8)57-36-42(62(4,5)6)35-56(59(57)67)68(54)43-20-17-19-40(33-43)45-22-18-23-47-46-21-15-16-24-58(46)70-60(45)47/h15-28,33-39H,29-32H2,1-14H3. The molecule has 12 rings (SSSR count). The van der Waals surface area contributed by atoms with Gasteiger partial charge in [0.15, 0.2) is 0 Å². The highest BCUT2D eigenvalue weighted by Crippen LogP contribution is 2.53. The third-order valence-corrected chi connectivity index (χ3v) is 17.7. The monoisotopic (exact) mass is 919 g/mol. The highest BCUT2D eigenvalue weighted by Gasteiger charge is 2.48. The Labute approximate surface area is 418 Å². The van der Waals surface area contributed by atoms with Crippen LogP contribution in [0.15, 0.2) is 132 Å². The molecule has 0 saturated carbocycles. The lowest BCUT2D eigenvalue weighted by atomic mass is 9.32. The highest BCUT2D eigenvalue weighted by atomic mass is 16.3. The SMILES string of the molecule is CC(C)(C)c1ccc2c(c1)B1c3cc4c(cc3N(c3ccc5c(c3)C(C)(C)CCC5(C)C)c3cc(C(C)(C)C)cc(c31)N2c1cccc(-c2cccc3c2oc2ccccc23)c1)C(C)(C)CCC4(C)C. The summed E-state index contributed by atoms with van der Waals surface area (Å²) in [6.45, 7) is 34.1. The van der Waals surface area contributed by atoms with Crippen molar-refractivity contribution in [3.63, 3.8) is 0 Å². The molecule has 0 saturated heterocycles. The van der Waals surface area contributed by atoms with E-state index >= 15 is 0 Å². The van der Waals surface area contributed by atoms with Gasteiger partial charge in [0, 0.05) is 50.5 Å². The van der Waals surface area contributed by atoms with E-state index in [1.54, 1.807) is 0 Å². The molecule has 3 heterocycles. The summed E-state index contributed by atoms with van der Waals surface area (Å²) in [5, 5.41) is 2.30. The first-order valence-electron chi connectivity index (χ1n) is 26.2. The van der Waals surface area contributed by atoms with E-state index in [0.717, 1.165) is 38.8 Å². The van der Waals surface area contributed by atoms with Crippen molar-refractivity contribution in [3.8, 4) is 11.1 Å². The van der Waals surface area contributed by atoms with Gasteiger partial charge in [0.25, 0.3) is 6.71 Å². The molecule has 0 bridgehead atoms. The van der Waals surface area contributed by atoms with Crippen LogP contribution in [0.2, 0.25) is 0 Å². The molecule has 0 amide bonds. The second kappa shape index (κ2) is 14.8. The molecule has 4 heteroatoms. The molecule has 8 aromatic rings. The zero-order chi connectivity index (χ0) is 49.2. The normalized spacial score (nSPS) is 18.3. The minimum absolute atomic E-state index is 0.0189. The van der Waals surface area contributed by atoms with Crippen molar-refractivity contribution in [2.24, 2.45) is 0 Å². The summed E-state index contributed by atoms with van der Waals surface area (Å²) in [6, 6.07) is 49.7. The second-order valence-corrected chi connectivity index (χ2v) is 26.4. The zero-order valence-corrected chi connectivity index (χ0v) is 44.3. The number of benzene rings is 7. The van der Waals surface area contributed by atoms with Gasteiger partial charge in [0.1, 0.15) is 11.2 Å². The van der Waals surface area contributed by atoms with Gasteiger partial charge in [-0.15, -0.1) is 0 Å². The van der Waals surface area contributed by atoms with Crippen LogP contribution in [0.4, 0.5) is 34.1 Å². The summed E-state index contributed by atoms with van der Waals surface area (Å²) >= 11 is 0. The van der Waals surface area contributed by atoms with E-state index in [1.165, 1.54) is 104 Å². The van der Waals surface area contributed by atoms with Crippen molar-refractivity contribution in [2.45, 2.75) is 155 Å². The Morgan fingerprint density at radius 1 is 0.443 bits per heavy atom. The molecule has 2 aliphatic heterocycles. The maximum Gasteiger partial charge on any atom is 0.252 e. The first-order chi connectivity index (χ1) is 32.9. The molecule has 3 nitrogen and oxygen atoms in total. The molecule has 1 aromatic heterocycles. The van der Waals surface area contributed by atoms with Crippen molar-refractivity contribution >= 4 is 79.2 Å². The molecule has 2 aliphatic carbocycles. The van der Waals surface area contributed by atoms with Gasteiger partial charge in [-0.2, -0.15) is 0 Å². The lowest BCUT2D eigenvalue weighted by Gasteiger charge is -2.48. The predicted octanol–water partition coefficient (Wildman–Crippen LogP) is 16.6. The molecule has 354 valence electrons. The number of fused-ring (bicyclic) bond motifs is 9. The van der Waals surface area contributed by atoms with E-state index < -0.39 is 0 Å². The number of rotatable bonds is 3. The Morgan fingerprint density at radius 2 is 1.00 bits per heavy atom. The number of hydrogen-bond acceptors (Lipinski definition) is 3. The van der Waals surface area contributed by atoms with Crippen molar-refractivity contribution < 1.29 is 4.42 Å².